The summed E-state index contributed by atoms with van der Waals surface area (Å²) in [7, 11) is 1.42. The van der Waals surface area contributed by atoms with E-state index in [4.69, 9.17) is 47.9 Å². The fourth-order valence-electron chi connectivity index (χ4n) is 3.07. The molecule has 10 nitrogen and oxygen atoms in total. The van der Waals surface area contributed by atoms with Crippen molar-refractivity contribution in [2.24, 2.45) is 0 Å². The number of ether oxygens (including phenoxy) is 4. The Morgan fingerprint density at radius 3 is 2.61 bits per heavy atom. The second kappa shape index (κ2) is 7.98. The Morgan fingerprint density at radius 2 is 2.00 bits per heavy atom. The Bertz CT molecular complexity index is 934. The topological polar surface area (TPSA) is 128 Å². The molecule has 0 unspecified atom stereocenters. The first-order valence-electron chi connectivity index (χ1n) is 8.25. The number of rotatable bonds is 5. The molecule has 0 spiro atoms. The summed E-state index contributed by atoms with van der Waals surface area (Å²) < 4.78 is 23.0. The highest BCUT2D eigenvalue weighted by molar-refractivity contribution is 6.45. The Labute approximate surface area is 169 Å². The molecule has 1 aliphatic rings. The van der Waals surface area contributed by atoms with Gasteiger partial charge in [-0.15, -0.1) is 0 Å². The third-order valence-corrected chi connectivity index (χ3v) is 4.98. The van der Waals surface area contributed by atoms with Gasteiger partial charge in [0.05, 0.1) is 12.1 Å². The van der Waals surface area contributed by atoms with Crippen molar-refractivity contribution in [1.82, 2.24) is 14.5 Å². The molecule has 0 aromatic carbocycles. The van der Waals surface area contributed by atoms with E-state index >= 15 is 0 Å². The van der Waals surface area contributed by atoms with Crippen LogP contribution in [-0.2, 0) is 23.8 Å². The monoisotopic (exact) mass is 432 g/mol. The number of aromatic nitrogens is 3. The van der Waals surface area contributed by atoms with E-state index in [1.165, 1.54) is 25.5 Å². The summed E-state index contributed by atoms with van der Waals surface area (Å²) in [6.45, 7) is 2.47. The van der Waals surface area contributed by atoms with Crippen LogP contribution >= 0.6 is 23.2 Å². The molecule has 3 rings (SSSR count). The molecule has 0 saturated carbocycles. The molecule has 2 aromatic rings. The number of nitrogens with zero attached hydrogens (tertiary/aromatic N) is 3. The maximum absolute atomic E-state index is 11.4. The van der Waals surface area contributed by atoms with E-state index in [9.17, 15) is 9.59 Å². The van der Waals surface area contributed by atoms with Gasteiger partial charge in [-0.3, -0.25) is 14.2 Å². The molecule has 1 aliphatic heterocycles. The van der Waals surface area contributed by atoms with Crippen molar-refractivity contribution < 1.29 is 28.5 Å². The lowest BCUT2D eigenvalue weighted by Gasteiger charge is -2.18. The van der Waals surface area contributed by atoms with Gasteiger partial charge in [-0.2, -0.15) is 9.97 Å². The zero-order chi connectivity index (χ0) is 20.6. The summed E-state index contributed by atoms with van der Waals surface area (Å²) in [4.78, 5) is 30.8. The number of nitrogens with two attached hydrogens (primary N) is 1. The second-order valence-electron chi connectivity index (χ2n) is 6.08. The highest BCUT2D eigenvalue weighted by Gasteiger charge is 2.41. The standard InChI is InChI=1S/C16H18Cl2N4O6/c1-6(23)26-5-9-8(27-7(2)24)4-10(28-9)22-13(18)12(17)11-14(22)20-16(19)21-15(11)25-3/h8-10H,4-5H2,1-3H3,(H2,19,20,21)/t8-,9+,10-/m0/s1. The van der Waals surface area contributed by atoms with Gasteiger partial charge in [0.25, 0.3) is 0 Å². The highest BCUT2D eigenvalue weighted by Crippen LogP contribution is 2.43. The number of hydrogen-bond acceptors (Lipinski definition) is 9. The van der Waals surface area contributed by atoms with Crippen LogP contribution in [-0.4, -0.2) is 52.4 Å². The van der Waals surface area contributed by atoms with Crippen LogP contribution in [0.2, 0.25) is 10.2 Å². The van der Waals surface area contributed by atoms with Crippen molar-refractivity contribution >= 4 is 52.1 Å². The summed E-state index contributed by atoms with van der Waals surface area (Å²) >= 11 is 12.8. The maximum atomic E-state index is 11.4. The minimum atomic E-state index is -0.702. The van der Waals surface area contributed by atoms with Gasteiger partial charge in [0.2, 0.25) is 11.8 Å². The summed E-state index contributed by atoms with van der Waals surface area (Å²) in [6.07, 6.45) is -1.81. The fraction of sp³-hybridized carbons (Fsp3) is 0.500. The van der Waals surface area contributed by atoms with Crippen molar-refractivity contribution in [3.8, 4) is 5.88 Å². The number of anilines is 1. The third-order valence-electron chi connectivity index (χ3n) is 4.14. The van der Waals surface area contributed by atoms with E-state index < -0.39 is 30.4 Å². The number of carbonyl (C=O) groups excluding carboxylic acids is 2. The number of methoxy groups -OCH3 is 1. The first-order valence-corrected chi connectivity index (χ1v) is 9.01. The van der Waals surface area contributed by atoms with E-state index in [0.29, 0.717) is 11.0 Å². The average molecular weight is 433 g/mol. The lowest BCUT2D eigenvalue weighted by molar-refractivity contribution is -0.155. The van der Waals surface area contributed by atoms with Crippen molar-refractivity contribution in [3.05, 3.63) is 10.2 Å². The lowest BCUT2D eigenvalue weighted by atomic mass is 10.2. The number of nitrogen functional groups attached to an aromatic ring is 1. The van der Waals surface area contributed by atoms with E-state index in [1.54, 1.807) is 0 Å². The molecule has 12 heteroatoms. The summed E-state index contributed by atoms with van der Waals surface area (Å²) in [6, 6.07) is 0. The molecule has 1 saturated heterocycles. The van der Waals surface area contributed by atoms with Crippen LogP contribution in [0.1, 0.15) is 26.5 Å². The van der Waals surface area contributed by atoms with Crippen LogP contribution in [0, 0.1) is 0 Å². The molecule has 152 valence electrons. The minimum Gasteiger partial charge on any atom is -0.480 e. The first kappa shape index (κ1) is 20.4. The summed E-state index contributed by atoms with van der Waals surface area (Å²) in [5.41, 5.74) is 6.06. The molecule has 0 bridgehead atoms. The molecule has 2 aromatic heterocycles. The van der Waals surface area contributed by atoms with E-state index in [1.807, 2.05) is 0 Å². The number of hydrogen-bond donors (Lipinski definition) is 1. The van der Waals surface area contributed by atoms with Gasteiger partial charge in [0.1, 0.15) is 35.6 Å². The predicted molar refractivity (Wildman–Crippen MR) is 99.2 cm³/mol. The van der Waals surface area contributed by atoms with Crippen LogP contribution < -0.4 is 10.5 Å². The Kier molecular flexibility index (Phi) is 5.82. The van der Waals surface area contributed by atoms with Gasteiger partial charge in [-0.05, 0) is 0 Å². The molecule has 0 radical (unpaired) electrons. The Balaban J connectivity index is 2.02. The van der Waals surface area contributed by atoms with Crippen molar-refractivity contribution in [3.63, 3.8) is 0 Å². The van der Waals surface area contributed by atoms with Crippen LogP contribution in [0.25, 0.3) is 11.0 Å². The molecule has 1 fully saturated rings. The van der Waals surface area contributed by atoms with Crippen LogP contribution in [0.3, 0.4) is 0 Å². The molecular formula is C16H18Cl2N4O6. The summed E-state index contributed by atoms with van der Waals surface area (Å²) in [5.74, 6) is -0.843. The number of esters is 2. The minimum absolute atomic E-state index is 0.0394. The Hall–Kier alpha value is -2.30. The highest BCUT2D eigenvalue weighted by atomic mass is 35.5. The van der Waals surface area contributed by atoms with E-state index in [2.05, 4.69) is 9.97 Å². The SMILES string of the molecule is COc1nc(N)nc2c1c(Cl)c(Cl)n2[C@@H]1C[C@H](OC(C)=O)[C@@H](COC(C)=O)O1. The second-order valence-corrected chi connectivity index (χ2v) is 6.82. The maximum Gasteiger partial charge on any atom is 0.303 e. The molecule has 28 heavy (non-hydrogen) atoms. The first-order chi connectivity index (χ1) is 13.2. The number of carbonyl (C=O) groups is 2. The van der Waals surface area contributed by atoms with E-state index in [-0.39, 0.29) is 35.0 Å². The van der Waals surface area contributed by atoms with Gasteiger partial charge in [0.15, 0.2) is 5.65 Å². The number of fused-ring (bicyclic) bond motifs is 1. The molecule has 3 atom stereocenters. The number of halogens is 2. The van der Waals surface area contributed by atoms with Crippen LogP contribution in [0.15, 0.2) is 0 Å². The predicted octanol–water partition coefficient (Wildman–Crippen LogP) is 2.11. The largest absolute Gasteiger partial charge is 0.480 e. The quantitative estimate of drug-likeness (QED) is 0.705. The third kappa shape index (κ3) is 3.80. The van der Waals surface area contributed by atoms with Gasteiger partial charge in [-0.25, -0.2) is 0 Å². The molecule has 0 aliphatic carbocycles. The molecule has 2 N–H and O–H groups in total. The molecule has 3 heterocycles. The van der Waals surface area contributed by atoms with Crippen LogP contribution in [0.5, 0.6) is 5.88 Å². The smallest absolute Gasteiger partial charge is 0.303 e. The van der Waals surface area contributed by atoms with Gasteiger partial charge in [-0.1, -0.05) is 23.2 Å². The summed E-state index contributed by atoms with van der Waals surface area (Å²) in [5, 5.41) is 0.679. The Morgan fingerprint density at radius 1 is 1.29 bits per heavy atom. The fourth-order valence-corrected chi connectivity index (χ4v) is 3.61. The zero-order valence-electron chi connectivity index (χ0n) is 15.3. The molecule has 0 amide bonds. The van der Waals surface area contributed by atoms with Gasteiger partial charge in [0, 0.05) is 20.3 Å². The van der Waals surface area contributed by atoms with E-state index in [0.717, 1.165) is 0 Å². The van der Waals surface area contributed by atoms with Crippen LogP contribution in [0.4, 0.5) is 5.95 Å². The van der Waals surface area contributed by atoms with Gasteiger partial charge < -0.3 is 24.7 Å². The molecular weight excluding hydrogens is 415 g/mol. The van der Waals surface area contributed by atoms with Crippen molar-refractivity contribution in [2.75, 3.05) is 19.5 Å². The average Bonchev–Trinajstić information content (AvgIpc) is 3.10. The van der Waals surface area contributed by atoms with Crippen molar-refractivity contribution in [1.29, 1.82) is 0 Å². The van der Waals surface area contributed by atoms with Crippen molar-refractivity contribution in [2.45, 2.75) is 38.7 Å². The lowest BCUT2D eigenvalue weighted by Crippen LogP contribution is -2.31. The normalized spacial score (nSPS) is 21.7. The zero-order valence-corrected chi connectivity index (χ0v) is 16.8. The van der Waals surface area contributed by atoms with Gasteiger partial charge >= 0.3 is 11.9 Å².